The number of hydrogen-bond donors (Lipinski definition) is 1. The first-order valence-corrected chi connectivity index (χ1v) is 2.55. The molecule has 0 radical (unpaired) electrons. The maximum Gasteiger partial charge on any atom is 0.0365 e. The number of nitrogens with zero attached hydrogens (tertiary/aromatic N) is 2. The van der Waals surface area contributed by atoms with Crippen LogP contribution in [0.3, 0.4) is 0 Å². The van der Waals surface area contributed by atoms with E-state index in [-0.39, 0.29) is 0 Å². The first kappa shape index (κ1) is 7.14. The van der Waals surface area contributed by atoms with Gasteiger partial charge in [0.05, 0.1) is 0 Å². The molecular formula is C5H11N3. The van der Waals surface area contributed by atoms with E-state index < -0.39 is 0 Å². The number of rotatable bonds is 3. The lowest BCUT2D eigenvalue weighted by molar-refractivity contribution is 0.810. The molecule has 46 valence electrons. The molecule has 0 aromatic heterocycles. The minimum absolute atomic E-state index is 0.947. The molecule has 3 nitrogen and oxygen atoms in total. The van der Waals surface area contributed by atoms with Gasteiger partial charge in [-0.3, -0.25) is 0 Å². The third kappa shape index (κ3) is 3.33. The highest BCUT2D eigenvalue weighted by Gasteiger charge is 1.79. The Labute approximate surface area is 49.5 Å². The van der Waals surface area contributed by atoms with Gasteiger partial charge in [0.25, 0.3) is 0 Å². The van der Waals surface area contributed by atoms with E-state index in [0.29, 0.717) is 0 Å². The second-order valence-corrected chi connectivity index (χ2v) is 1.46. The highest BCUT2D eigenvalue weighted by atomic mass is 15.5. The standard InChI is InChI=1S/C5H11N3/c1-4-5(2)7-8-6-3/h8H,3-4H2,1-2H3/b7-5+. The zero-order valence-corrected chi connectivity index (χ0v) is 5.31. The maximum absolute atomic E-state index is 3.80. The van der Waals surface area contributed by atoms with Gasteiger partial charge in [0.15, 0.2) is 0 Å². The van der Waals surface area contributed by atoms with Crippen LogP contribution in [-0.4, -0.2) is 12.4 Å². The van der Waals surface area contributed by atoms with E-state index in [1.54, 1.807) is 0 Å². The molecule has 0 bridgehead atoms. The van der Waals surface area contributed by atoms with Crippen molar-refractivity contribution in [3.05, 3.63) is 0 Å². The average molecular weight is 113 g/mol. The summed E-state index contributed by atoms with van der Waals surface area (Å²) in [5.74, 6) is 0. The summed E-state index contributed by atoms with van der Waals surface area (Å²) in [4.78, 5) is 0. The Bertz CT molecular complexity index is 95.8. The Balaban J connectivity index is 3.40. The van der Waals surface area contributed by atoms with Crippen LogP contribution in [0.4, 0.5) is 0 Å². The van der Waals surface area contributed by atoms with Gasteiger partial charge in [0.2, 0.25) is 0 Å². The van der Waals surface area contributed by atoms with Crippen molar-refractivity contribution >= 4 is 12.4 Å². The number of hydrogen-bond acceptors (Lipinski definition) is 3. The van der Waals surface area contributed by atoms with Gasteiger partial charge in [-0.1, -0.05) is 6.92 Å². The predicted molar refractivity (Wildman–Crippen MR) is 36.1 cm³/mol. The van der Waals surface area contributed by atoms with Gasteiger partial charge in [-0.15, -0.1) is 0 Å². The second-order valence-electron chi connectivity index (χ2n) is 1.46. The SMILES string of the molecule is C=NN/N=C(\C)CC. The molecule has 0 aliphatic heterocycles. The molecule has 0 spiro atoms. The van der Waals surface area contributed by atoms with Crippen molar-refractivity contribution in [1.82, 2.24) is 5.53 Å². The van der Waals surface area contributed by atoms with Crippen molar-refractivity contribution < 1.29 is 0 Å². The van der Waals surface area contributed by atoms with Crippen LogP contribution < -0.4 is 5.53 Å². The van der Waals surface area contributed by atoms with Crippen LogP contribution in [-0.2, 0) is 0 Å². The van der Waals surface area contributed by atoms with Gasteiger partial charge in [-0.25, -0.2) is 0 Å². The summed E-state index contributed by atoms with van der Waals surface area (Å²) in [5.41, 5.74) is 3.43. The first-order valence-electron chi connectivity index (χ1n) is 2.55. The zero-order valence-electron chi connectivity index (χ0n) is 5.31. The molecule has 0 fully saturated rings. The zero-order chi connectivity index (χ0) is 6.41. The summed E-state index contributed by atoms with van der Waals surface area (Å²) in [7, 11) is 0. The van der Waals surface area contributed by atoms with E-state index in [4.69, 9.17) is 0 Å². The van der Waals surface area contributed by atoms with Gasteiger partial charge in [-0.2, -0.15) is 15.7 Å². The number of hydrazone groups is 2. The van der Waals surface area contributed by atoms with E-state index in [1.165, 1.54) is 0 Å². The number of nitrogens with one attached hydrogen (secondary N) is 1. The summed E-state index contributed by atoms with van der Waals surface area (Å²) in [6, 6.07) is 0. The molecule has 0 aliphatic carbocycles. The van der Waals surface area contributed by atoms with E-state index in [9.17, 15) is 0 Å². The van der Waals surface area contributed by atoms with Gasteiger partial charge >= 0.3 is 0 Å². The molecule has 0 unspecified atom stereocenters. The van der Waals surface area contributed by atoms with Gasteiger partial charge < -0.3 is 0 Å². The molecule has 8 heavy (non-hydrogen) atoms. The molecule has 0 saturated heterocycles. The minimum atomic E-state index is 0.947. The van der Waals surface area contributed by atoms with Gasteiger partial charge in [0, 0.05) is 12.4 Å². The van der Waals surface area contributed by atoms with Crippen LogP contribution in [0.5, 0.6) is 0 Å². The fourth-order valence-corrected chi connectivity index (χ4v) is 0.200. The molecule has 0 amide bonds. The smallest absolute Gasteiger partial charge is 0.0365 e. The average Bonchev–Trinajstić information content (AvgIpc) is 1.83. The summed E-state index contributed by atoms with van der Waals surface area (Å²) in [5, 5.41) is 7.13. The Morgan fingerprint density at radius 2 is 2.38 bits per heavy atom. The van der Waals surface area contributed by atoms with Gasteiger partial charge in [-0.05, 0) is 13.3 Å². The summed E-state index contributed by atoms with van der Waals surface area (Å²) >= 11 is 0. The molecule has 0 atom stereocenters. The molecule has 0 aliphatic rings. The van der Waals surface area contributed by atoms with Crippen LogP contribution in [0.1, 0.15) is 20.3 Å². The third-order valence-corrected chi connectivity index (χ3v) is 0.823. The molecule has 1 N–H and O–H groups in total. The van der Waals surface area contributed by atoms with Crippen molar-refractivity contribution in [2.24, 2.45) is 10.2 Å². The third-order valence-electron chi connectivity index (χ3n) is 0.823. The normalized spacial score (nSPS) is 11.0. The lowest BCUT2D eigenvalue weighted by Crippen LogP contribution is -1.98. The Morgan fingerprint density at radius 1 is 1.75 bits per heavy atom. The molecule has 0 saturated carbocycles. The van der Waals surface area contributed by atoms with E-state index >= 15 is 0 Å². The molecule has 0 aromatic rings. The second kappa shape index (κ2) is 4.30. The van der Waals surface area contributed by atoms with Crippen LogP contribution in [0, 0.1) is 0 Å². The van der Waals surface area contributed by atoms with E-state index in [2.05, 4.69) is 22.5 Å². The van der Waals surface area contributed by atoms with E-state index in [1.807, 2.05) is 13.8 Å². The highest BCUT2D eigenvalue weighted by Crippen LogP contribution is 1.79. The maximum atomic E-state index is 3.80. The molecule has 3 heteroatoms. The first-order chi connectivity index (χ1) is 3.81. The lowest BCUT2D eigenvalue weighted by atomic mass is 10.3. The lowest BCUT2D eigenvalue weighted by Gasteiger charge is -1.90. The van der Waals surface area contributed by atoms with Crippen molar-refractivity contribution in [2.45, 2.75) is 20.3 Å². The molecule has 0 heterocycles. The Kier molecular flexibility index (Phi) is 3.84. The van der Waals surface area contributed by atoms with Crippen molar-refractivity contribution in [3.63, 3.8) is 0 Å². The van der Waals surface area contributed by atoms with Crippen molar-refractivity contribution in [1.29, 1.82) is 0 Å². The van der Waals surface area contributed by atoms with Crippen molar-refractivity contribution in [3.8, 4) is 0 Å². The summed E-state index contributed by atoms with van der Waals surface area (Å²) < 4.78 is 0. The fourth-order valence-electron chi connectivity index (χ4n) is 0.200. The van der Waals surface area contributed by atoms with Crippen LogP contribution in [0.25, 0.3) is 0 Å². The Morgan fingerprint density at radius 3 is 2.75 bits per heavy atom. The Hall–Kier alpha value is -0.860. The molecular weight excluding hydrogens is 102 g/mol. The quantitative estimate of drug-likeness (QED) is 0.430. The highest BCUT2D eigenvalue weighted by molar-refractivity contribution is 5.81. The largest absolute Gasteiger partial charge is 0.199 e. The van der Waals surface area contributed by atoms with Crippen LogP contribution in [0.2, 0.25) is 0 Å². The molecule has 0 aromatic carbocycles. The minimum Gasteiger partial charge on any atom is -0.199 e. The topological polar surface area (TPSA) is 36.8 Å². The van der Waals surface area contributed by atoms with Gasteiger partial charge in [0.1, 0.15) is 0 Å². The summed E-state index contributed by atoms with van der Waals surface area (Å²) in [6.45, 7) is 7.16. The van der Waals surface area contributed by atoms with E-state index in [0.717, 1.165) is 12.1 Å². The molecule has 0 rings (SSSR count). The van der Waals surface area contributed by atoms with Crippen molar-refractivity contribution in [2.75, 3.05) is 0 Å². The summed E-state index contributed by atoms with van der Waals surface area (Å²) in [6.07, 6.45) is 0.947. The predicted octanol–water partition coefficient (Wildman–Crippen LogP) is 0.978. The monoisotopic (exact) mass is 113 g/mol. The fraction of sp³-hybridized carbons (Fsp3) is 0.600. The van der Waals surface area contributed by atoms with Crippen LogP contribution in [0.15, 0.2) is 10.2 Å². The van der Waals surface area contributed by atoms with Crippen LogP contribution >= 0.6 is 0 Å².